The second kappa shape index (κ2) is 9.54. The third-order valence-electron chi connectivity index (χ3n) is 6.99. The molecule has 2 heterocycles. The van der Waals surface area contributed by atoms with E-state index in [1.54, 1.807) is 60.7 Å². The summed E-state index contributed by atoms with van der Waals surface area (Å²) in [5, 5.41) is 18.7. The van der Waals surface area contributed by atoms with E-state index in [1.807, 2.05) is 25.0 Å². The van der Waals surface area contributed by atoms with Crippen LogP contribution in [0.4, 0.5) is 0 Å². The molecule has 3 atom stereocenters. The molecule has 0 aromatic heterocycles. The lowest BCUT2D eigenvalue weighted by atomic mass is 9.83. The van der Waals surface area contributed by atoms with Gasteiger partial charge in [0.25, 0.3) is 0 Å². The Bertz CT molecular complexity index is 1400. The molecule has 6 rings (SSSR count). The maximum absolute atomic E-state index is 13.5. The minimum absolute atomic E-state index is 0.119. The number of rotatable bonds is 7. The molecule has 2 fully saturated rings. The first kappa shape index (κ1) is 24.1. The predicted molar refractivity (Wildman–Crippen MR) is 140 cm³/mol. The summed E-state index contributed by atoms with van der Waals surface area (Å²) in [5.74, 6) is 1.73. The molecule has 5 radical (unpaired) electrons. The van der Waals surface area contributed by atoms with Gasteiger partial charge in [0.1, 0.15) is 28.6 Å². The maximum Gasteiger partial charge on any atom is 0.315 e. The molecule has 1 aliphatic carbocycles. The Morgan fingerprint density at radius 1 is 0.784 bits per heavy atom. The fourth-order valence-corrected chi connectivity index (χ4v) is 6.68. The van der Waals surface area contributed by atoms with Gasteiger partial charge in [0.15, 0.2) is 0 Å². The molecular formula is C30H25O6S. The minimum Gasteiger partial charge on any atom is -0.508 e. The van der Waals surface area contributed by atoms with E-state index in [0.717, 1.165) is 34.3 Å². The zero-order valence-corrected chi connectivity index (χ0v) is 20.6. The lowest BCUT2D eigenvalue weighted by Gasteiger charge is -2.24. The van der Waals surface area contributed by atoms with E-state index in [2.05, 4.69) is 12.8 Å². The van der Waals surface area contributed by atoms with Crippen molar-refractivity contribution in [3.05, 3.63) is 121 Å². The van der Waals surface area contributed by atoms with Gasteiger partial charge in [-0.05, 0) is 102 Å². The van der Waals surface area contributed by atoms with E-state index in [-0.39, 0.29) is 23.7 Å². The van der Waals surface area contributed by atoms with E-state index >= 15 is 0 Å². The maximum atomic E-state index is 13.5. The number of fused-ring (bicyclic) bond motifs is 2. The summed E-state index contributed by atoms with van der Waals surface area (Å²) in [6, 6.07) is 20.6. The van der Waals surface area contributed by atoms with Crippen molar-refractivity contribution >= 4 is 21.3 Å². The normalized spacial score (nSPS) is 23.6. The molecule has 3 aromatic carbocycles. The molecule has 1 saturated carbocycles. The van der Waals surface area contributed by atoms with Crippen molar-refractivity contribution in [1.82, 2.24) is 0 Å². The fraction of sp³-hybridized carbons (Fsp3) is 0.167. The van der Waals surface area contributed by atoms with E-state index in [4.69, 9.17) is 8.92 Å². The first-order chi connectivity index (χ1) is 17.9. The van der Waals surface area contributed by atoms with Crippen LogP contribution in [0.15, 0.2) is 72.8 Å². The number of hydrogen-bond acceptors (Lipinski definition) is 6. The lowest BCUT2D eigenvalue weighted by Crippen LogP contribution is -2.35. The van der Waals surface area contributed by atoms with E-state index < -0.39 is 27.6 Å². The summed E-state index contributed by atoms with van der Waals surface area (Å²) in [6.07, 6.45) is 7.95. The molecule has 6 nitrogen and oxygen atoms in total. The van der Waals surface area contributed by atoms with Crippen molar-refractivity contribution in [2.24, 2.45) is 0 Å². The van der Waals surface area contributed by atoms with Crippen molar-refractivity contribution in [2.75, 3.05) is 0 Å². The Kier molecular flexibility index (Phi) is 6.21. The van der Waals surface area contributed by atoms with Gasteiger partial charge in [-0.2, -0.15) is 8.42 Å². The molecule has 187 valence electrons. The molecule has 2 bridgehead atoms. The van der Waals surface area contributed by atoms with Crippen molar-refractivity contribution in [1.29, 1.82) is 0 Å². The Labute approximate surface area is 217 Å². The van der Waals surface area contributed by atoms with E-state index in [0.29, 0.717) is 0 Å². The fourth-order valence-electron chi connectivity index (χ4n) is 5.26. The monoisotopic (exact) mass is 513 g/mol. The van der Waals surface area contributed by atoms with Crippen molar-refractivity contribution < 1.29 is 27.6 Å². The van der Waals surface area contributed by atoms with Crippen LogP contribution in [0.3, 0.4) is 0 Å². The van der Waals surface area contributed by atoms with Crippen LogP contribution >= 0.6 is 0 Å². The van der Waals surface area contributed by atoms with Crippen LogP contribution < -0.4 is 4.18 Å². The van der Waals surface area contributed by atoms with Crippen LogP contribution in [0.1, 0.15) is 23.1 Å². The number of phenols is 2. The van der Waals surface area contributed by atoms with Crippen LogP contribution in [-0.4, -0.2) is 36.1 Å². The van der Waals surface area contributed by atoms with Crippen LogP contribution in [0, 0.1) is 31.6 Å². The molecule has 3 aliphatic rings. The van der Waals surface area contributed by atoms with Crippen LogP contribution in [0.5, 0.6) is 17.2 Å². The van der Waals surface area contributed by atoms with Gasteiger partial charge in [0.05, 0.1) is 6.10 Å². The molecule has 2 N–H and O–H groups in total. The molecule has 0 amide bonds. The van der Waals surface area contributed by atoms with Crippen molar-refractivity contribution in [3.63, 3.8) is 0 Å². The first-order valence-corrected chi connectivity index (χ1v) is 13.6. The van der Waals surface area contributed by atoms with Gasteiger partial charge in [-0.1, -0.05) is 36.4 Å². The molecule has 2 aliphatic heterocycles. The van der Waals surface area contributed by atoms with Crippen molar-refractivity contribution in [2.45, 2.75) is 30.3 Å². The topological polar surface area (TPSA) is 93.1 Å². The van der Waals surface area contributed by atoms with Gasteiger partial charge >= 0.3 is 10.1 Å². The first-order valence-electron chi connectivity index (χ1n) is 12.1. The number of hydrogen-bond donors (Lipinski definition) is 2. The summed E-state index contributed by atoms with van der Waals surface area (Å²) in [5.41, 5.74) is 4.33. The summed E-state index contributed by atoms with van der Waals surface area (Å²) in [6.45, 7) is 0. The molecule has 37 heavy (non-hydrogen) atoms. The van der Waals surface area contributed by atoms with Gasteiger partial charge in [0.2, 0.25) is 0 Å². The van der Waals surface area contributed by atoms with Crippen molar-refractivity contribution in [3.8, 4) is 17.2 Å². The minimum atomic E-state index is -4.02. The average molecular weight is 514 g/mol. The molecule has 3 aromatic rings. The Balaban J connectivity index is 1.27. The largest absolute Gasteiger partial charge is 0.508 e. The molecule has 0 spiro atoms. The Morgan fingerprint density at radius 2 is 1.35 bits per heavy atom. The number of aromatic hydroxyl groups is 2. The third kappa shape index (κ3) is 4.74. The summed E-state index contributed by atoms with van der Waals surface area (Å²) >= 11 is 0. The second-order valence-corrected chi connectivity index (χ2v) is 11.2. The number of phenolic OH excluding ortho intramolecular Hbond substituents is 2. The highest BCUT2D eigenvalue weighted by atomic mass is 32.2. The zero-order valence-electron chi connectivity index (χ0n) is 19.8. The molecule has 7 heteroatoms. The summed E-state index contributed by atoms with van der Waals surface area (Å²) < 4.78 is 38.7. The highest BCUT2D eigenvalue weighted by Gasteiger charge is 2.53. The van der Waals surface area contributed by atoms with Crippen LogP contribution in [0.2, 0.25) is 0 Å². The van der Waals surface area contributed by atoms with Gasteiger partial charge in [-0.25, -0.2) is 0 Å². The third-order valence-corrected chi connectivity index (χ3v) is 8.60. The number of ether oxygens (including phenoxy) is 1. The van der Waals surface area contributed by atoms with Gasteiger partial charge in [-0.3, -0.25) is 0 Å². The molecule has 1 unspecified atom stereocenters. The predicted octanol–water partition coefficient (Wildman–Crippen LogP) is 4.90. The highest BCUT2D eigenvalue weighted by Crippen LogP contribution is 2.51. The average Bonchev–Trinajstić information content (AvgIpc) is 3.63. The van der Waals surface area contributed by atoms with Crippen LogP contribution in [-0.2, 0) is 21.3 Å². The number of benzene rings is 3. The second-order valence-electron chi connectivity index (χ2n) is 9.43. The standard InChI is InChI=1S/C30H25O6S/c31-23-11-7-21(8-12-23)28-26-18-27(30(35-26)29(28)22-9-13-24(32)14-10-22)37(33,34)36-25-15-5-20(6-16-25)17-19-3-1-2-4-19/h1-16,26-27,30-32H,17-18H2/t26-,27?,30+/m1/s1. The quantitative estimate of drug-likeness (QED) is 0.437. The zero-order chi connectivity index (χ0) is 25.6. The van der Waals surface area contributed by atoms with E-state index in [1.165, 1.54) is 5.92 Å². The summed E-state index contributed by atoms with van der Waals surface area (Å²) in [4.78, 5) is 0. The smallest absolute Gasteiger partial charge is 0.315 e. The van der Waals surface area contributed by atoms with Gasteiger partial charge in [0, 0.05) is 6.42 Å². The highest BCUT2D eigenvalue weighted by molar-refractivity contribution is 7.87. The molecular weight excluding hydrogens is 488 g/mol. The van der Waals surface area contributed by atoms with E-state index in [9.17, 15) is 18.6 Å². The molecule has 1 saturated heterocycles. The lowest BCUT2D eigenvalue weighted by molar-refractivity contribution is 0.128. The SMILES string of the molecule is O=S(=O)(Oc1ccc(C[C]2[CH][CH][CH][CH]2)cc1)C1C[C@H]2O[C@@H]1C(c1ccc(O)cc1)=C2c1ccc(O)cc1. The summed E-state index contributed by atoms with van der Waals surface area (Å²) in [7, 11) is -4.02. The van der Waals surface area contributed by atoms with Gasteiger partial charge < -0.3 is 19.1 Å². The van der Waals surface area contributed by atoms with Gasteiger partial charge in [-0.15, -0.1) is 0 Å². The Morgan fingerprint density at radius 3 is 1.95 bits per heavy atom. The van der Waals surface area contributed by atoms with Crippen LogP contribution in [0.25, 0.3) is 11.1 Å². The Hall–Kier alpha value is -3.29.